The van der Waals surface area contributed by atoms with Gasteiger partial charge in [-0.2, -0.15) is 0 Å². The van der Waals surface area contributed by atoms with Crippen molar-refractivity contribution >= 4 is 5.91 Å². The minimum atomic E-state index is 0.195. The third-order valence-corrected chi connectivity index (χ3v) is 5.43. The zero-order valence-corrected chi connectivity index (χ0v) is 15.9. The Kier molecular flexibility index (Phi) is 5.74. The molecular weight excluding hydrogens is 318 g/mol. The van der Waals surface area contributed by atoms with E-state index in [9.17, 15) is 4.79 Å². The molecule has 0 N–H and O–H groups in total. The van der Waals surface area contributed by atoms with Crippen LogP contribution in [0.4, 0.5) is 0 Å². The molecule has 3 rings (SSSR count). The summed E-state index contributed by atoms with van der Waals surface area (Å²) in [4.78, 5) is 18.6. The highest BCUT2D eigenvalue weighted by molar-refractivity contribution is 5.73. The lowest BCUT2D eigenvalue weighted by Crippen LogP contribution is -2.42. The Labute approximate surface area is 150 Å². The third-order valence-electron chi connectivity index (χ3n) is 5.43. The summed E-state index contributed by atoms with van der Waals surface area (Å²) in [5.74, 6) is 2.51. The van der Waals surface area contributed by atoms with Crippen LogP contribution in [0.15, 0.2) is 4.42 Å². The van der Waals surface area contributed by atoms with Crippen LogP contribution in [-0.4, -0.2) is 76.1 Å². The van der Waals surface area contributed by atoms with Gasteiger partial charge in [0.1, 0.15) is 0 Å². The van der Waals surface area contributed by atoms with Gasteiger partial charge < -0.3 is 9.32 Å². The average molecular weight is 349 g/mol. The van der Waals surface area contributed by atoms with Crippen LogP contribution in [0.1, 0.15) is 51.8 Å². The molecule has 25 heavy (non-hydrogen) atoms. The Morgan fingerprint density at radius 1 is 1.20 bits per heavy atom. The molecule has 1 aromatic rings. The molecule has 3 heterocycles. The highest BCUT2D eigenvalue weighted by atomic mass is 16.4. The zero-order chi connectivity index (χ0) is 18.0. The fourth-order valence-electron chi connectivity index (χ4n) is 3.99. The van der Waals surface area contributed by atoms with E-state index in [0.29, 0.717) is 12.0 Å². The lowest BCUT2D eigenvalue weighted by atomic mass is 10.0. The molecule has 7 heteroatoms. The van der Waals surface area contributed by atoms with E-state index in [2.05, 4.69) is 40.8 Å². The molecule has 7 nitrogen and oxygen atoms in total. The first-order chi connectivity index (χ1) is 11.9. The van der Waals surface area contributed by atoms with Crippen molar-refractivity contribution in [1.29, 1.82) is 0 Å². The summed E-state index contributed by atoms with van der Waals surface area (Å²) < 4.78 is 5.76. The smallest absolute Gasteiger partial charge is 0.230 e. The van der Waals surface area contributed by atoms with Crippen molar-refractivity contribution in [3.63, 3.8) is 0 Å². The molecule has 2 atom stereocenters. The SMILES string of the molecule is CC(=O)N1CCCN(C2CN(Cc3nnc(C(C)C)o3)CC2C)CC1. The second kappa shape index (κ2) is 7.83. The van der Waals surface area contributed by atoms with Crippen molar-refractivity contribution in [3.8, 4) is 0 Å². The number of carbonyl (C=O) groups excluding carboxylic acids is 1. The summed E-state index contributed by atoms with van der Waals surface area (Å²) in [5, 5.41) is 8.32. The minimum Gasteiger partial charge on any atom is -0.424 e. The summed E-state index contributed by atoms with van der Waals surface area (Å²) >= 11 is 0. The number of hydrogen-bond acceptors (Lipinski definition) is 6. The van der Waals surface area contributed by atoms with Crippen LogP contribution in [0.5, 0.6) is 0 Å². The van der Waals surface area contributed by atoms with Crippen molar-refractivity contribution in [2.24, 2.45) is 5.92 Å². The number of carbonyl (C=O) groups is 1. The molecule has 0 bridgehead atoms. The number of aromatic nitrogens is 2. The molecule has 1 aromatic heterocycles. The van der Waals surface area contributed by atoms with Gasteiger partial charge in [-0.3, -0.25) is 14.6 Å². The van der Waals surface area contributed by atoms with Gasteiger partial charge in [-0.15, -0.1) is 10.2 Å². The maximum absolute atomic E-state index is 11.6. The molecule has 2 aliphatic rings. The summed E-state index contributed by atoms with van der Waals surface area (Å²) in [5.41, 5.74) is 0. The molecule has 0 aromatic carbocycles. The molecule has 2 fully saturated rings. The highest BCUT2D eigenvalue weighted by Crippen LogP contribution is 2.25. The largest absolute Gasteiger partial charge is 0.424 e. The van der Waals surface area contributed by atoms with Gasteiger partial charge in [0.15, 0.2) is 0 Å². The predicted molar refractivity (Wildman–Crippen MR) is 95.1 cm³/mol. The number of likely N-dealkylation sites (tertiary alicyclic amines) is 1. The van der Waals surface area contributed by atoms with E-state index < -0.39 is 0 Å². The second-order valence-corrected chi connectivity index (χ2v) is 7.82. The Morgan fingerprint density at radius 3 is 2.68 bits per heavy atom. The van der Waals surface area contributed by atoms with Gasteiger partial charge in [0, 0.05) is 58.2 Å². The topological polar surface area (TPSA) is 65.7 Å². The van der Waals surface area contributed by atoms with E-state index in [4.69, 9.17) is 4.42 Å². The first kappa shape index (κ1) is 18.3. The van der Waals surface area contributed by atoms with Crippen LogP contribution in [0.2, 0.25) is 0 Å². The Hall–Kier alpha value is -1.47. The number of hydrogen-bond donors (Lipinski definition) is 0. The summed E-state index contributed by atoms with van der Waals surface area (Å²) in [6, 6.07) is 0.541. The Morgan fingerprint density at radius 2 is 2.00 bits per heavy atom. The van der Waals surface area contributed by atoms with Crippen LogP contribution in [0.3, 0.4) is 0 Å². The molecule has 2 unspecified atom stereocenters. The lowest BCUT2D eigenvalue weighted by molar-refractivity contribution is -0.128. The predicted octanol–water partition coefficient (Wildman–Crippen LogP) is 1.57. The van der Waals surface area contributed by atoms with E-state index >= 15 is 0 Å². The fraction of sp³-hybridized carbons (Fsp3) is 0.833. The zero-order valence-electron chi connectivity index (χ0n) is 15.9. The van der Waals surface area contributed by atoms with Gasteiger partial charge >= 0.3 is 0 Å². The fourth-order valence-corrected chi connectivity index (χ4v) is 3.99. The molecule has 2 saturated heterocycles. The monoisotopic (exact) mass is 349 g/mol. The summed E-state index contributed by atoms with van der Waals surface area (Å²) in [6.07, 6.45) is 1.06. The van der Waals surface area contributed by atoms with Crippen molar-refractivity contribution < 1.29 is 9.21 Å². The maximum atomic E-state index is 11.6. The second-order valence-electron chi connectivity index (χ2n) is 7.82. The molecule has 0 spiro atoms. The number of rotatable bonds is 4. The first-order valence-electron chi connectivity index (χ1n) is 9.48. The molecule has 2 aliphatic heterocycles. The van der Waals surface area contributed by atoms with Gasteiger partial charge in [-0.1, -0.05) is 20.8 Å². The van der Waals surface area contributed by atoms with E-state index in [0.717, 1.165) is 64.0 Å². The highest BCUT2D eigenvalue weighted by Gasteiger charge is 2.35. The van der Waals surface area contributed by atoms with E-state index in [1.165, 1.54) is 0 Å². The lowest BCUT2D eigenvalue weighted by Gasteiger charge is -2.30. The van der Waals surface area contributed by atoms with Crippen molar-refractivity contribution in [2.45, 2.75) is 52.6 Å². The van der Waals surface area contributed by atoms with Gasteiger partial charge in [0.2, 0.25) is 17.7 Å². The first-order valence-corrected chi connectivity index (χ1v) is 9.48. The number of nitrogens with zero attached hydrogens (tertiary/aromatic N) is 5. The van der Waals surface area contributed by atoms with Crippen molar-refractivity contribution in [3.05, 3.63) is 11.8 Å². The summed E-state index contributed by atoms with van der Waals surface area (Å²) in [7, 11) is 0. The van der Waals surface area contributed by atoms with Gasteiger partial charge in [-0.25, -0.2) is 0 Å². The van der Waals surface area contributed by atoms with Crippen LogP contribution < -0.4 is 0 Å². The minimum absolute atomic E-state index is 0.195. The van der Waals surface area contributed by atoms with Crippen molar-refractivity contribution in [1.82, 2.24) is 24.9 Å². The number of amides is 1. The van der Waals surface area contributed by atoms with Gasteiger partial charge in [-0.05, 0) is 12.3 Å². The van der Waals surface area contributed by atoms with Gasteiger partial charge in [0.25, 0.3) is 0 Å². The molecule has 1 amide bonds. The van der Waals surface area contributed by atoms with Crippen LogP contribution >= 0.6 is 0 Å². The molecule has 0 aliphatic carbocycles. The molecule has 0 radical (unpaired) electrons. The van der Waals surface area contributed by atoms with Gasteiger partial charge in [0.05, 0.1) is 6.54 Å². The van der Waals surface area contributed by atoms with Crippen molar-refractivity contribution in [2.75, 3.05) is 39.3 Å². The standard InChI is InChI=1S/C18H31N5O2/c1-13(2)18-20-19-17(25-18)12-21-10-14(3)16(11-21)23-7-5-6-22(8-9-23)15(4)24/h13-14,16H,5-12H2,1-4H3. The Bertz CT molecular complexity index is 588. The van der Waals surface area contributed by atoms with Crippen LogP contribution in [0, 0.1) is 5.92 Å². The maximum Gasteiger partial charge on any atom is 0.230 e. The molecule has 0 saturated carbocycles. The third kappa shape index (κ3) is 4.39. The normalized spacial score (nSPS) is 26.4. The quantitative estimate of drug-likeness (QED) is 0.822. The summed E-state index contributed by atoms with van der Waals surface area (Å²) in [6.45, 7) is 14.7. The average Bonchev–Trinajstić information content (AvgIpc) is 3.07. The Balaban J connectivity index is 1.56. The van der Waals surface area contributed by atoms with E-state index in [-0.39, 0.29) is 11.8 Å². The van der Waals surface area contributed by atoms with E-state index in [1.54, 1.807) is 6.92 Å². The van der Waals surface area contributed by atoms with Crippen LogP contribution in [0.25, 0.3) is 0 Å². The molecule has 140 valence electrons. The molecular formula is C18H31N5O2. The van der Waals surface area contributed by atoms with E-state index in [1.807, 2.05) is 4.90 Å². The van der Waals surface area contributed by atoms with Crippen LogP contribution in [-0.2, 0) is 11.3 Å².